The number of hydrogen-bond donors (Lipinski definition) is 0. The monoisotopic (exact) mass is 291 g/mol. The fourth-order valence-electron chi connectivity index (χ4n) is 2.02. The average molecular weight is 291 g/mol. The summed E-state index contributed by atoms with van der Waals surface area (Å²) in [7, 11) is 0. The first-order chi connectivity index (χ1) is 10.8. The normalized spacial score (nSPS) is 10.2. The van der Waals surface area contributed by atoms with Gasteiger partial charge < -0.3 is 9.47 Å². The van der Waals surface area contributed by atoms with E-state index in [1.807, 2.05) is 60.7 Å². The molecule has 22 heavy (non-hydrogen) atoms. The molecule has 0 unspecified atom stereocenters. The first-order valence-corrected chi connectivity index (χ1v) is 7.16. The van der Waals surface area contributed by atoms with Crippen LogP contribution in [-0.2, 0) is 6.61 Å². The topological polar surface area (TPSA) is 31.4 Å². The van der Waals surface area contributed by atoms with Gasteiger partial charge >= 0.3 is 0 Å². The molecule has 1 heterocycles. The minimum atomic E-state index is 0.488. The highest BCUT2D eigenvalue weighted by Crippen LogP contribution is 2.25. The van der Waals surface area contributed by atoms with Crippen LogP contribution < -0.4 is 9.47 Å². The van der Waals surface area contributed by atoms with Crippen LogP contribution in [0.5, 0.6) is 17.2 Å². The number of nitrogens with zero attached hydrogens (tertiary/aromatic N) is 1. The number of aromatic nitrogens is 1. The van der Waals surface area contributed by atoms with Crippen molar-refractivity contribution >= 4 is 0 Å². The van der Waals surface area contributed by atoms with E-state index >= 15 is 0 Å². The highest BCUT2D eigenvalue weighted by atomic mass is 16.5. The molecule has 2 aromatic carbocycles. The highest BCUT2D eigenvalue weighted by Gasteiger charge is 2.01. The minimum Gasteiger partial charge on any atom is -0.489 e. The largest absolute Gasteiger partial charge is 0.489 e. The number of ether oxygens (including phenoxy) is 2. The predicted molar refractivity (Wildman–Crippen MR) is 86.3 cm³/mol. The summed E-state index contributed by atoms with van der Waals surface area (Å²) in [6.07, 6.45) is 3.55. The van der Waals surface area contributed by atoms with Crippen LogP contribution in [0.2, 0.25) is 0 Å². The summed E-state index contributed by atoms with van der Waals surface area (Å²) in [6.45, 7) is 2.54. The van der Waals surface area contributed by atoms with Crippen molar-refractivity contribution in [3.8, 4) is 17.2 Å². The summed E-state index contributed by atoms with van der Waals surface area (Å²) in [4.78, 5) is 4.07. The van der Waals surface area contributed by atoms with E-state index in [-0.39, 0.29) is 0 Å². The number of benzene rings is 2. The second kappa shape index (κ2) is 6.76. The van der Waals surface area contributed by atoms with E-state index in [2.05, 4.69) is 11.9 Å². The zero-order valence-corrected chi connectivity index (χ0v) is 12.4. The molecule has 0 N–H and O–H groups in total. The van der Waals surface area contributed by atoms with E-state index in [0.717, 1.165) is 22.8 Å². The van der Waals surface area contributed by atoms with Gasteiger partial charge in [-0.15, -0.1) is 0 Å². The van der Waals surface area contributed by atoms with E-state index in [1.54, 1.807) is 12.4 Å². The van der Waals surface area contributed by atoms with Gasteiger partial charge in [0.2, 0.25) is 0 Å². The summed E-state index contributed by atoms with van der Waals surface area (Å²) < 4.78 is 11.6. The third-order valence-corrected chi connectivity index (χ3v) is 3.19. The van der Waals surface area contributed by atoms with Crippen molar-refractivity contribution in [2.24, 2.45) is 0 Å². The fraction of sp³-hybridized carbons (Fsp3) is 0.105. The van der Waals surface area contributed by atoms with Crippen LogP contribution in [0.25, 0.3) is 0 Å². The van der Waals surface area contributed by atoms with Crippen LogP contribution in [-0.4, -0.2) is 4.98 Å². The van der Waals surface area contributed by atoms with Gasteiger partial charge in [0.25, 0.3) is 0 Å². The van der Waals surface area contributed by atoms with Gasteiger partial charge in [0.15, 0.2) is 0 Å². The average Bonchev–Trinajstić information content (AvgIpc) is 2.57. The first kappa shape index (κ1) is 14.1. The van der Waals surface area contributed by atoms with Gasteiger partial charge in [0.05, 0.1) is 0 Å². The number of pyridine rings is 1. The molecule has 0 saturated heterocycles. The fourth-order valence-corrected chi connectivity index (χ4v) is 2.02. The molecule has 0 radical (unpaired) electrons. The molecule has 3 rings (SSSR count). The lowest BCUT2D eigenvalue weighted by Crippen LogP contribution is -1.95. The molecule has 0 spiro atoms. The summed E-state index contributed by atoms with van der Waals surface area (Å²) in [5, 5.41) is 0. The first-order valence-electron chi connectivity index (χ1n) is 7.16. The molecule has 0 aliphatic carbocycles. The van der Waals surface area contributed by atoms with E-state index in [9.17, 15) is 0 Å². The molecule has 3 heteroatoms. The Morgan fingerprint density at radius 2 is 1.68 bits per heavy atom. The molecule has 0 bridgehead atoms. The maximum Gasteiger partial charge on any atom is 0.131 e. The molecular formula is C19H17NO2. The summed E-state index contributed by atoms with van der Waals surface area (Å²) in [5.41, 5.74) is 2.24. The van der Waals surface area contributed by atoms with Gasteiger partial charge in [-0.3, -0.25) is 4.98 Å². The second-order valence-electron chi connectivity index (χ2n) is 5.04. The van der Waals surface area contributed by atoms with Gasteiger partial charge in [0, 0.05) is 24.0 Å². The Kier molecular flexibility index (Phi) is 4.35. The maximum atomic E-state index is 5.83. The van der Waals surface area contributed by atoms with Crippen molar-refractivity contribution in [2.75, 3.05) is 0 Å². The molecule has 3 aromatic rings. The van der Waals surface area contributed by atoms with E-state index in [4.69, 9.17) is 9.47 Å². The van der Waals surface area contributed by atoms with Gasteiger partial charge in [-0.1, -0.05) is 29.8 Å². The SMILES string of the molecule is Cc1ccc(Oc2cccc(OCc3cccnc3)c2)cc1. The predicted octanol–water partition coefficient (Wildman–Crippen LogP) is 4.76. The van der Waals surface area contributed by atoms with E-state index in [0.29, 0.717) is 6.61 Å². The van der Waals surface area contributed by atoms with Crippen molar-refractivity contribution in [2.45, 2.75) is 13.5 Å². The van der Waals surface area contributed by atoms with Crippen molar-refractivity contribution in [3.63, 3.8) is 0 Å². The van der Waals surface area contributed by atoms with Crippen molar-refractivity contribution in [1.82, 2.24) is 4.98 Å². The molecule has 1 aromatic heterocycles. The smallest absolute Gasteiger partial charge is 0.131 e. The third-order valence-electron chi connectivity index (χ3n) is 3.19. The van der Waals surface area contributed by atoms with Crippen LogP contribution in [0, 0.1) is 6.92 Å². The Morgan fingerprint density at radius 3 is 2.45 bits per heavy atom. The van der Waals surface area contributed by atoms with Crippen LogP contribution in [0.15, 0.2) is 73.1 Å². The maximum absolute atomic E-state index is 5.83. The zero-order chi connectivity index (χ0) is 15.2. The van der Waals surface area contributed by atoms with Crippen LogP contribution in [0.4, 0.5) is 0 Å². The van der Waals surface area contributed by atoms with Crippen molar-refractivity contribution in [1.29, 1.82) is 0 Å². The third kappa shape index (κ3) is 3.85. The lowest BCUT2D eigenvalue weighted by Gasteiger charge is -2.09. The lowest BCUT2D eigenvalue weighted by atomic mass is 10.2. The Bertz CT molecular complexity index is 724. The number of rotatable bonds is 5. The van der Waals surface area contributed by atoms with Gasteiger partial charge in [0.1, 0.15) is 23.9 Å². The van der Waals surface area contributed by atoms with Crippen LogP contribution >= 0.6 is 0 Å². The van der Waals surface area contributed by atoms with Crippen molar-refractivity contribution < 1.29 is 9.47 Å². The quantitative estimate of drug-likeness (QED) is 0.679. The molecular weight excluding hydrogens is 274 g/mol. The van der Waals surface area contributed by atoms with E-state index in [1.165, 1.54) is 5.56 Å². The van der Waals surface area contributed by atoms with Gasteiger partial charge in [-0.2, -0.15) is 0 Å². The molecule has 0 aliphatic heterocycles. The zero-order valence-electron chi connectivity index (χ0n) is 12.4. The standard InChI is InChI=1S/C19H17NO2/c1-15-7-9-17(10-8-15)22-19-6-2-5-18(12-19)21-14-16-4-3-11-20-13-16/h2-13H,14H2,1H3. The Hall–Kier alpha value is -2.81. The second-order valence-corrected chi connectivity index (χ2v) is 5.04. The summed E-state index contributed by atoms with van der Waals surface area (Å²) >= 11 is 0. The molecule has 3 nitrogen and oxygen atoms in total. The lowest BCUT2D eigenvalue weighted by molar-refractivity contribution is 0.304. The Morgan fingerprint density at radius 1 is 0.864 bits per heavy atom. The summed E-state index contributed by atoms with van der Waals surface area (Å²) in [6, 6.07) is 19.5. The summed E-state index contributed by atoms with van der Waals surface area (Å²) in [5.74, 6) is 2.34. The molecule has 0 fully saturated rings. The van der Waals surface area contributed by atoms with Gasteiger partial charge in [-0.05, 0) is 37.3 Å². The van der Waals surface area contributed by atoms with Crippen LogP contribution in [0.1, 0.15) is 11.1 Å². The van der Waals surface area contributed by atoms with Crippen LogP contribution in [0.3, 0.4) is 0 Å². The molecule has 0 amide bonds. The molecule has 0 aliphatic rings. The van der Waals surface area contributed by atoms with Gasteiger partial charge in [-0.25, -0.2) is 0 Å². The highest BCUT2D eigenvalue weighted by molar-refractivity contribution is 5.37. The Labute approximate surface area is 130 Å². The molecule has 0 atom stereocenters. The number of aryl methyl sites for hydroxylation is 1. The van der Waals surface area contributed by atoms with Crippen molar-refractivity contribution in [3.05, 3.63) is 84.2 Å². The molecule has 110 valence electrons. The molecule has 0 saturated carbocycles. The minimum absolute atomic E-state index is 0.488. The Balaban J connectivity index is 1.66. The van der Waals surface area contributed by atoms with E-state index < -0.39 is 0 Å². The number of hydrogen-bond acceptors (Lipinski definition) is 3.